The zero-order chi connectivity index (χ0) is 12.9. The standard InChI is InChI=1S/C12H24N2O3/c1-12(2,3)13-7-10-8-14(5-6-17-10)11(15)9-16-4/h10,13H,5-9H2,1-4H3/t10-/m1/s1. The third-order valence-electron chi connectivity index (χ3n) is 2.62. The van der Waals surface area contributed by atoms with Crippen LogP contribution in [0.3, 0.4) is 0 Å². The molecule has 1 heterocycles. The molecule has 1 atom stereocenters. The van der Waals surface area contributed by atoms with E-state index in [-0.39, 0.29) is 24.2 Å². The van der Waals surface area contributed by atoms with Crippen LogP contribution in [0, 0.1) is 0 Å². The van der Waals surface area contributed by atoms with Crippen molar-refractivity contribution in [2.75, 3.05) is 40.0 Å². The average molecular weight is 244 g/mol. The van der Waals surface area contributed by atoms with E-state index in [1.54, 1.807) is 0 Å². The Morgan fingerprint density at radius 3 is 2.82 bits per heavy atom. The van der Waals surface area contributed by atoms with Crippen LogP contribution in [0.15, 0.2) is 0 Å². The Bertz CT molecular complexity index is 251. The predicted octanol–water partition coefficient (Wildman–Crippen LogP) is 0.248. The van der Waals surface area contributed by atoms with Crippen LogP contribution in [0.1, 0.15) is 20.8 Å². The van der Waals surface area contributed by atoms with E-state index in [1.165, 1.54) is 7.11 Å². The highest BCUT2D eigenvalue weighted by Crippen LogP contribution is 2.07. The molecule has 0 aromatic rings. The minimum Gasteiger partial charge on any atom is -0.375 e. The lowest BCUT2D eigenvalue weighted by atomic mass is 10.1. The van der Waals surface area contributed by atoms with Crippen LogP contribution in [-0.4, -0.2) is 62.4 Å². The number of morpholine rings is 1. The molecule has 0 aromatic carbocycles. The Morgan fingerprint density at radius 2 is 2.24 bits per heavy atom. The molecule has 0 aromatic heterocycles. The second-order valence-corrected chi connectivity index (χ2v) is 5.40. The van der Waals surface area contributed by atoms with Crippen molar-refractivity contribution in [3.8, 4) is 0 Å². The van der Waals surface area contributed by atoms with Crippen molar-refractivity contribution in [3.05, 3.63) is 0 Å². The number of carbonyl (C=O) groups is 1. The van der Waals surface area contributed by atoms with E-state index in [9.17, 15) is 4.79 Å². The molecule has 1 amide bonds. The molecule has 1 aliphatic heterocycles. The van der Waals surface area contributed by atoms with Crippen LogP contribution in [0.4, 0.5) is 0 Å². The van der Waals surface area contributed by atoms with Crippen molar-refractivity contribution in [2.24, 2.45) is 0 Å². The Balaban J connectivity index is 2.36. The molecular formula is C12H24N2O3. The quantitative estimate of drug-likeness (QED) is 0.770. The van der Waals surface area contributed by atoms with E-state index in [0.29, 0.717) is 19.7 Å². The molecule has 0 unspecified atom stereocenters. The first kappa shape index (κ1) is 14.4. The van der Waals surface area contributed by atoms with Gasteiger partial charge >= 0.3 is 0 Å². The van der Waals surface area contributed by atoms with Crippen molar-refractivity contribution in [3.63, 3.8) is 0 Å². The summed E-state index contributed by atoms with van der Waals surface area (Å²) in [6, 6.07) is 0. The maximum absolute atomic E-state index is 11.7. The molecule has 1 N–H and O–H groups in total. The zero-order valence-corrected chi connectivity index (χ0v) is 11.3. The van der Waals surface area contributed by atoms with Crippen LogP contribution in [0.2, 0.25) is 0 Å². The number of hydrogen-bond donors (Lipinski definition) is 1. The highest BCUT2D eigenvalue weighted by molar-refractivity contribution is 5.77. The number of rotatable bonds is 4. The maximum Gasteiger partial charge on any atom is 0.248 e. The summed E-state index contributed by atoms with van der Waals surface area (Å²) in [6.07, 6.45) is 0.0729. The first-order chi connectivity index (χ1) is 7.92. The van der Waals surface area contributed by atoms with Crippen LogP contribution in [-0.2, 0) is 14.3 Å². The van der Waals surface area contributed by atoms with Gasteiger partial charge in [-0.2, -0.15) is 0 Å². The maximum atomic E-state index is 11.7. The predicted molar refractivity (Wildman–Crippen MR) is 66.0 cm³/mol. The summed E-state index contributed by atoms with van der Waals surface area (Å²) in [5.74, 6) is 0.0385. The number of carbonyl (C=O) groups excluding carboxylic acids is 1. The normalized spacial score (nSPS) is 21.6. The van der Waals surface area contributed by atoms with Crippen LogP contribution in [0.25, 0.3) is 0 Å². The largest absolute Gasteiger partial charge is 0.375 e. The van der Waals surface area contributed by atoms with Gasteiger partial charge in [0.25, 0.3) is 0 Å². The molecule has 1 rings (SSSR count). The minimum atomic E-state index is 0.0385. The van der Waals surface area contributed by atoms with Crippen molar-refractivity contribution >= 4 is 5.91 Å². The van der Waals surface area contributed by atoms with Gasteiger partial charge in [-0.1, -0.05) is 0 Å². The third-order valence-corrected chi connectivity index (χ3v) is 2.62. The first-order valence-corrected chi connectivity index (χ1v) is 6.06. The summed E-state index contributed by atoms with van der Waals surface area (Å²) in [5, 5.41) is 3.39. The van der Waals surface area contributed by atoms with E-state index in [4.69, 9.17) is 9.47 Å². The van der Waals surface area contributed by atoms with Gasteiger partial charge in [-0.3, -0.25) is 4.79 Å². The fourth-order valence-electron chi connectivity index (χ4n) is 1.70. The SMILES string of the molecule is COCC(=O)N1CCO[C@H](CNC(C)(C)C)C1. The molecule has 5 heteroatoms. The van der Waals surface area contributed by atoms with Gasteiger partial charge in [0.2, 0.25) is 5.91 Å². The Hall–Kier alpha value is -0.650. The van der Waals surface area contributed by atoms with Gasteiger partial charge in [0, 0.05) is 32.3 Å². The van der Waals surface area contributed by atoms with E-state index in [2.05, 4.69) is 26.1 Å². The van der Waals surface area contributed by atoms with Gasteiger partial charge in [0.05, 0.1) is 12.7 Å². The Labute approximate surface area is 103 Å². The van der Waals surface area contributed by atoms with Gasteiger partial charge in [-0.25, -0.2) is 0 Å². The van der Waals surface area contributed by atoms with Gasteiger partial charge in [0.1, 0.15) is 6.61 Å². The van der Waals surface area contributed by atoms with E-state index >= 15 is 0 Å². The van der Waals surface area contributed by atoms with Crippen molar-refractivity contribution in [1.29, 1.82) is 0 Å². The number of nitrogens with one attached hydrogen (secondary N) is 1. The molecule has 0 radical (unpaired) electrons. The van der Waals surface area contributed by atoms with Crippen molar-refractivity contribution in [2.45, 2.75) is 32.4 Å². The molecule has 1 saturated heterocycles. The molecule has 1 aliphatic rings. The molecule has 0 saturated carbocycles. The van der Waals surface area contributed by atoms with Crippen molar-refractivity contribution in [1.82, 2.24) is 10.2 Å². The molecule has 0 spiro atoms. The lowest BCUT2D eigenvalue weighted by Crippen LogP contribution is -2.52. The fourth-order valence-corrected chi connectivity index (χ4v) is 1.70. The highest BCUT2D eigenvalue weighted by Gasteiger charge is 2.24. The van der Waals surface area contributed by atoms with Crippen molar-refractivity contribution < 1.29 is 14.3 Å². The monoisotopic (exact) mass is 244 g/mol. The fraction of sp³-hybridized carbons (Fsp3) is 0.917. The molecule has 17 heavy (non-hydrogen) atoms. The number of ether oxygens (including phenoxy) is 2. The van der Waals surface area contributed by atoms with Gasteiger partial charge in [-0.05, 0) is 20.8 Å². The second kappa shape index (κ2) is 6.33. The van der Waals surface area contributed by atoms with Crippen LogP contribution >= 0.6 is 0 Å². The number of nitrogens with zero attached hydrogens (tertiary/aromatic N) is 1. The van der Waals surface area contributed by atoms with E-state index in [1.807, 2.05) is 4.90 Å². The van der Waals surface area contributed by atoms with Crippen LogP contribution in [0.5, 0.6) is 0 Å². The summed E-state index contributed by atoms with van der Waals surface area (Å²) in [5.41, 5.74) is 0.0716. The summed E-state index contributed by atoms with van der Waals surface area (Å²) < 4.78 is 10.5. The first-order valence-electron chi connectivity index (χ1n) is 6.06. The summed E-state index contributed by atoms with van der Waals surface area (Å²) in [4.78, 5) is 13.5. The lowest BCUT2D eigenvalue weighted by Gasteiger charge is -2.34. The smallest absolute Gasteiger partial charge is 0.248 e. The minimum absolute atomic E-state index is 0.0385. The Morgan fingerprint density at radius 1 is 1.53 bits per heavy atom. The third kappa shape index (κ3) is 5.48. The molecule has 1 fully saturated rings. The molecule has 0 bridgehead atoms. The molecule has 0 aliphatic carbocycles. The summed E-state index contributed by atoms with van der Waals surface area (Å²) >= 11 is 0. The number of hydrogen-bond acceptors (Lipinski definition) is 4. The van der Waals surface area contributed by atoms with E-state index in [0.717, 1.165) is 6.54 Å². The second-order valence-electron chi connectivity index (χ2n) is 5.40. The molecule has 5 nitrogen and oxygen atoms in total. The molecular weight excluding hydrogens is 220 g/mol. The highest BCUT2D eigenvalue weighted by atomic mass is 16.5. The van der Waals surface area contributed by atoms with Crippen LogP contribution < -0.4 is 5.32 Å². The summed E-state index contributed by atoms with van der Waals surface area (Å²) in [6.45, 7) is 9.17. The average Bonchev–Trinajstić information content (AvgIpc) is 2.26. The summed E-state index contributed by atoms with van der Waals surface area (Å²) in [7, 11) is 1.54. The topological polar surface area (TPSA) is 50.8 Å². The zero-order valence-electron chi connectivity index (χ0n) is 11.3. The lowest BCUT2D eigenvalue weighted by molar-refractivity contribution is -0.142. The number of amides is 1. The van der Waals surface area contributed by atoms with Gasteiger partial charge < -0.3 is 19.7 Å². The van der Waals surface area contributed by atoms with E-state index < -0.39 is 0 Å². The number of methoxy groups -OCH3 is 1. The van der Waals surface area contributed by atoms with Gasteiger partial charge in [0.15, 0.2) is 0 Å². The van der Waals surface area contributed by atoms with Gasteiger partial charge in [-0.15, -0.1) is 0 Å². The Kier molecular flexibility index (Phi) is 5.36. The molecule has 100 valence electrons.